The molecule has 0 unspecified atom stereocenters. The van der Waals surface area contributed by atoms with Gasteiger partial charge in [0.2, 0.25) is 0 Å². The number of hydrogen-bond donors (Lipinski definition) is 2. The molecule has 0 radical (unpaired) electrons. The fraction of sp³-hybridized carbons (Fsp3) is 0.741. The Bertz CT molecular complexity index is 686. The highest BCUT2D eigenvalue weighted by Crippen LogP contribution is 2.48. The van der Waals surface area contributed by atoms with Crippen molar-refractivity contribution in [2.24, 2.45) is 0 Å². The standard InChI is InChI=1S/C27H46O6/c1-5-7-9-11-13-15-17-19-32-25-21(3)24(31-4)23(28)22(27(29)30)26(25)33-20-18-16-14-12-10-8-6-2/h28H,5-20H2,1-4H3,(H,29,30). The number of methoxy groups -OCH3 is 1. The van der Waals surface area contributed by atoms with Crippen LogP contribution in [0, 0.1) is 6.92 Å². The van der Waals surface area contributed by atoms with E-state index in [2.05, 4.69) is 13.8 Å². The molecule has 0 aliphatic rings. The average Bonchev–Trinajstić information content (AvgIpc) is 2.78. The van der Waals surface area contributed by atoms with Gasteiger partial charge in [-0.1, -0.05) is 90.9 Å². The van der Waals surface area contributed by atoms with Gasteiger partial charge in [-0.15, -0.1) is 0 Å². The highest BCUT2D eigenvalue weighted by Gasteiger charge is 2.29. The van der Waals surface area contributed by atoms with Gasteiger partial charge < -0.3 is 24.4 Å². The van der Waals surface area contributed by atoms with Gasteiger partial charge in [-0.2, -0.15) is 0 Å². The molecule has 0 bridgehead atoms. The van der Waals surface area contributed by atoms with Crippen molar-refractivity contribution in [1.29, 1.82) is 0 Å². The van der Waals surface area contributed by atoms with Gasteiger partial charge in [0.25, 0.3) is 0 Å². The van der Waals surface area contributed by atoms with Crippen LogP contribution in [0.1, 0.15) is 120 Å². The predicted octanol–water partition coefficient (Wildman–Crippen LogP) is 7.67. The number of hydrogen-bond acceptors (Lipinski definition) is 5. The van der Waals surface area contributed by atoms with Gasteiger partial charge in [-0.05, 0) is 19.8 Å². The van der Waals surface area contributed by atoms with E-state index in [9.17, 15) is 15.0 Å². The molecule has 0 aliphatic carbocycles. The molecule has 0 saturated heterocycles. The molecule has 1 aromatic rings. The molecule has 0 atom stereocenters. The summed E-state index contributed by atoms with van der Waals surface area (Å²) in [5.74, 6) is -1.10. The third-order valence-electron chi connectivity index (χ3n) is 5.97. The lowest BCUT2D eigenvalue weighted by Gasteiger charge is -2.20. The molecule has 0 spiro atoms. The Morgan fingerprint density at radius 3 is 1.55 bits per heavy atom. The smallest absolute Gasteiger partial charge is 0.343 e. The van der Waals surface area contributed by atoms with E-state index in [4.69, 9.17) is 14.2 Å². The summed E-state index contributed by atoms with van der Waals surface area (Å²) in [6.45, 7) is 7.02. The first kappa shape index (κ1) is 28.9. The van der Waals surface area contributed by atoms with E-state index in [1.807, 2.05) is 0 Å². The number of carboxylic acid groups (broad SMARTS) is 1. The Kier molecular flexibility index (Phi) is 15.2. The first-order chi connectivity index (χ1) is 16.0. The summed E-state index contributed by atoms with van der Waals surface area (Å²) >= 11 is 0. The Labute approximate surface area is 200 Å². The summed E-state index contributed by atoms with van der Waals surface area (Å²) in [5, 5.41) is 20.3. The van der Waals surface area contributed by atoms with Gasteiger partial charge in [-0.25, -0.2) is 4.79 Å². The highest BCUT2D eigenvalue weighted by atomic mass is 16.5. The molecule has 6 nitrogen and oxygen atoms in total. The second-order valence-electron chi connectivity index (χ2n) is 8.78. The van der Waals surface area contributed by atoms with Crippen LogP contribution in [0.2, 0.25) is 0 Å². The van der Waals surface area contributed by atoms with Crippen LogP contribution in [0.3, 0.4) is 0 Å². The number of benzene rings is 1. The second-order valence-corrected chi connectivity index (χ2v) is 8.78. The van der Waals surface area contributed by atoms with E-state index >= 15 is 0 Å². The number of carbonyl (C=O) groups is 1. The van der Waals surface area contributed by atoms with Crippen LogP contribution in [0.4, 0.5) is 0 Å². The molecule has 2 N–H and O–H groups in total. The molecule has 0 heterocycles. The van der Waals surface area contributed by atoms with E-state index in [1.54, 1.807) is 6.92 Å². The molecule has 33 heavy (non-hydrogen) atoms. The molecule has 0 aromatic heterocycles. The maximum Gasteiger partial charge on any atom is 0.343 e. The Morgan fingerprint density at radius 1 is 0.697 bits per heavy atom. The lowest BCUT2D eigenvalue weighted by molar-refractivity contribution is 0.0686. The van der Waals surface area contributed by atoms with Crippen LogP contribution in [-0.2, 0) is 0 Å². The molecule has 1 rings (SSSR count). The summed E-state index contributed by atoms with van der Waals surface area (Å²) in [6.07, 6.45) is 16.1. The van der Waals surface area contributed by atoms with Crippen LogP contribution in [0.15, 0.2) is 0 Å². The van der Waals surface area contributed by atoms with E-state index in [0.29, 0.717) is 24.5 Å². The second kappa shape index (κ2) is 17.4. The third-order valence-corrected chi connectivity index (χ3v) is 5.97. The maximum absolute atomic E-state index is 12.0. The first-order valence-corrected chi connectivity index (χ1v) is 12.9. The summed E-state index contributed by atoms with van der Waals surface area (Å²) in [4.78, 5) is 12.0. The van der Waals surface area contributed by atoms with Crippen molar-refractivity contribution in [1.82, 2.24) is 0 Å². The molecule has 0 amide bonds. The van der Waals surface area contributed by atoms with Crippen LogP contribution >= 0.6 is 0 Å². The summed E-state index contributed by atoms with van der Waals surface area (Å²) in [6, 6.07) is 0. The summed E-state index contributed by atoms with van der Waals surface area (Å²) < 4.78 is 17.2. The van der Waals surface area contributed by atoms with E-state index in [-0.39, 0.29) is 17.1 Å². The Hall–Kier alpha value is -2.11. The Balaban J connectivity index is 2.81. The van der Waals surface area contributed by atoms with Gasteiger partial charge in [0.05, 0.1) is 20.3 Å². The average molecular weight is 467 g/mol. The molecule has 1 aromatic carbocycles. The third kappa shape index (κ3) is 10.1. The van der Waals surface area contributed by atoms with Gasteiger partial charge >= 0.3 is 5.97 Å². The molecular formula is C27H46O6. The fourth-order valence-electron chi connectivity index (χ4n) is 4.01. The zero-order chi connectivity index (χ0) is 24.5. The maximum atomic E-state index is 12.0. The predicted molar refractivity (Wildman–Crippen MR) is 133 cm³/mol. The number of unbranched alkanes of at least 4 members (excludes halogenated alkanes) is 12. The number of ether oxygens (including phenoxy) is 3. The van der Waals surface area contributed by atoms with Crippen LogP contribution in [-0.4, -0.2) is 36.5 Å². The summed E-state index contributed by atoms with van der Waals surface area (Å²) in [5.41, 5.74) is 0.257. The van der Waals surface area contributed by atoms with Crippen molar-refractivity contribution in [3.63, 3.8) is 0 Å². The van der Waals surface area contributed by atoms with Crippen LogP contribution < -0.4 is 14.2 Å². The quantitative estimate of drug-likeness (QED) is 0.192. The van der Waals surface area contributed by atoms with Gasteiger partial charge in [0, 0.05) is 5.56 Å². The van der Waals surface area contributed by atoms with E-state index < -0.39 is 11.7 Å². The minimum absolute atomic E-state index is 0.104. The molecule has 0 aliphatic heterocycles. The van der Waals surface area contributed by atoms with E-state index in [0.717, 1.165) is 32.1 Å². The zero-order valence-electron chi connectivity index (χ0n) is 21.3. The van der Waals surface area contributed by atoms with Gasteiger partial charge in [-0.3, -0.25) is 0 Å². The molecule has 0 fully saturated rings. The van der Waals surface area contributed by atoms with Gasteiger partial charge in [0.1, 0.15) is 0 Å². The first-order valence-electron chi connectivity index (χ1n) is 12.9. The van der Waals surface area contributed by atoms with Crippen molar-refractivity contribution in [3.05, 3.63) is 11.1 Å². The van der Waals surface area contributed by atoms with Crippen molar-refractivity contribution < 1.29 is 29.2 Å². The molecule has 190 valence electrons. The van der Waals surface area contributed by atoms with Crippen molar-refractivity contribution >= 4 is 5.97 Å². The molecular weight excluding hydrogens is 420 g/mol. The minimum atomic E-state index is -1.26. The number of aromatic carboxylic acids is 1. The molecule has 6 heteroatoms. The monoisotopic (exact) mass is 466 g/mol. The number of rotatable bonds is 20. The SMILES string of the molecule is CCCCCCCCCOc1c(C)c(OC)c(O)c(C(=O)O)c1OCCCCCCCCC. The largest absolute Gasteiger partial charge is 0.504 e. The zero-order valence-corrected chi connectivity index (χ0v) is 21.3. The molecule has 0 saturated carbocycles. The lowest BCUT2D eigenvalue weighted by Crippen LogP contribution is -2.11. The number of phenols is 1. The lowest BCUT2D eigenvalue weighted by atomic mass is 10.1. The van der Waals surface area contributed by atoms with Crippen LogP contribution in [0.5, 0.6) is 23.0 Å². The Morgan fingerprint density at radius 2 is 1.12 bits per heavy atom. The van der Waals surface area contributed by atoms with Crippen molar-refractivity contribution in [2.75, 3.05) is 20.3 Å². The van der Waals surface area contributed by atoms with Crippen molar-refractivity contribution in [2.45, 2.75) is 111 Å². The van der Waals surface area contributed by atoms with E-state index in [1.165, 1.54) is 64.9 Å². The number of aromatic hydroxyl groups is 1. The van der Waals surface area contributed by atoms with Gasteiger partial charge in [0.15, 0.2) is 28.6 Å². The number of carboxylic acids is 1. The summed E-state index contributed by atoms with van der Waals surface area (Å²) in [7, 11) is 1.41. The van der Waals surface area contributed by atoms with Crippen molar-refractivity contribution in [3.8, 4) is 23.0 Å². The normalized spacial score (nSPS) is 10.9. The fourth-order valence-corrected chi connectivity index (χ4v) is 4.01. The minimum Gasteiger partial charge on any atom is -0.504 e. The van der Waals surface area contributed by atoms with Crippen LogP contribution in [0.25, 0.3) is 0 Å². The topological polar surface area (TPSA) is 85.2 Å². The highest BCUT2D eigenvalue weighted by molar-refractivity contribution is 5.97.